The Bertz CT molecular complexity index is 515. The molecule has 2 atom stereocenters. The first kappa shape index (κ1) is 34.1. The van der Waals surface area contributed by atoms with Gasteiger partial charge in [-0.25, -0.2) is 0 Å². The quantitative estimate of drug-likeness (QED) is 0.118. The number of nitrogens with one attached hydrogen (secondary N) is 1. The van der Waals surface area contributed by atoms with Crippen molar-refractivity contribution < 1.29 is 0 Å². The van der Waals surface area contributed by atoms with E-state index in [1.165, 1.54) is 180 Å². The van der Waals surface area contributed by atoms with Crippen molar-refractivity contribution in [2.75, 3.05) is 26.2 Å². The predicted octanol–water partition coefficient (Wildman–Crippen LogP) is 10.9. The van der Waals surface area contributed by atoms with E-state index in [0.29, 0.717) is 0 Å². The molecule has 0 aromatic rings. The second-order valence-electron chi connectivity index (χ2n) is 13.9. The Labute approximate surface area is 241 Å². The molecular weight excluding hydrogens is 460 g/mol. The van der Waals surface area contributed by atoms with Crippen LogP contribution < -0.4 is 5.32 Å². The Balaban J connectivity index is 1.62. The minimum absolute atomic E-state index is 0.736. The first-order valence-electron chi connectivity index (χ1n) is 18.1. The van der Waals surface area contributed by atoms with Crippen LogP contribution in [0.2, 0.25) is 0 Å². The van der Waals surface area contributed by atoms with Crippen molar-refractivity contribution in [3.8, 4) is 0 Å². The maximum Gasteiger partial charge on any atom is 0.00670 e. The fourth-order valence-electron chi connectivity index (χ4n) is 7.70. The van der Waals surface area contributed by atoms with E-state index in [1.807, 2.05) is 0 Å². The van der Waals surface area contributed by atoms with Gasteiger partial charge in [-0.05, 0) is 94.7 Å². The van der Waals surface area contributed by atoms with Gasteiger partial charge < -0.3 is 10.2 Å². The van der Waals surface area contributed by atoms with Crippen molar-refractivity contribution in [3.63, 3.8) is 0 Å². The zero-order valence-corrected chi connectivity index (χ0v) is 27.0. The molecule has 0 bridgehead atoms. The molecule has 38 heavy (non-hydrogen) atoms. The molecule has 2 rings (SSSR count). The van der Waals surface area contributed by atoms with Gasteiger partial charge in [-0.1, -0.05) is 124 Å². The first-order chi connectivity index (χ1) is 18.6. The smallest absolute Gasteiger partial charge is 0.00670 e. The van der Waals surface area contributed by atoms with Gasteiger partial charge in [0.2, 0.25) is 0 Å². The van der Waals surface area contributed by atoms with Crippen LogP contribution in [0.15, 0.2) is 0 Å². The van der Waals surface area contributed by atoms with Crippen LogP contribution in [0.3, 0.4) is 0 Å². The van der Waals surface area contributed by atoms with E-state index < -0.39 is 0 Å². The van der Waals surface area contributed by atoms with Crippen LogP contribution in [0.1, 0.15) is 182 Å². The summed E-state index contributed by atoms with van der Waals surface area (Å²) in [5.41, 5.74) is 0.736. The average Bonchev–Trinajstić information content (AvgIpc) is 2.90. The summed E-state index contributed by atoms with van der Waals surface area (Å²) in [5, 5.41) is 4.03. The van der Waals surface area contributed by atoms with Crippen LogP contribution in [0.5, 0.6) is 0 Å². The fourth-order valence-corrected chi connectivity index (χ4v) is 7.70. The number of unbranched alkanes of at least 4 members (excludes halogenated alkanes) is 11. The maximum absolute atomic E-state index is 4.03. The molecular formula is C36H72N2. The average molecular weight is 533 g/mol. The largest absolute Gasteiger partial charge is 0.314 e. The lowest BCUT2D eigenvalue weighted by Gasteiger charge is -2.53. The number of likely N-dealkylation sites (tertiary alicyclic amines) is 1. The zero-order chi connectivity index (χ0) is 27.3. The SMILES string of the molecule is CCCCCCCC(CCCCC)NCCC1CC2(CCN(CC(CCCCC)CCCCCC)CC2)C1. The summed E-state index contributed by atoms with van der Waals surface area (Å²) in [4.78, 5) is 2.87. The van der Waals surface area contributed by atoms with E-state index in [1.54, 1.807) is 0 Å². The van der Waals surface area contributed by atoms with Crippen LogP contribution in [0.4, 0.5) is 0 Å². The van der Waals surface area contributed by atoms with E-state index >= 15 is 0 Å². The third-order valence-electron chi connectivity index (χ3n) is 10.4. The monoisotopic (exact) mass is 533 g/mol. The lowest BCUT2D eigenvalue weighted by Crippen LogP contribution is -2.48. The van der Waals surface area contributed by atoms with Crippen LogP contribution in [0, 0.1) is 17.3 Å². The van der Waals surface area contributed by atoms with Gasteiger partial charge in [0.05, 0.1) is 0 Å². The summed E-state index contributed by atoms with van der Waals surface area (Å²) in [6, 6.07) is 0.785. The molecule has 1 heterocycles. The minimum Gasteiger partial charge on any atom is -0.314 e. The third kappa shape index (κ3) is 14.5. The van der Waals surface area contributed by atoms with Gasteiger partial charge in [-0.15, -0.1) is 0 Å². The van der Waals surface area contributed by atoms with E-state index in [2.05, 4.69) is 37.9 Å². The summed E-state index contributed by atoms with van der Waals surface area (Å²) < 4.78 is 0. The van der Waals surface area contributed by atoms with Gasteiger partial charge in [-0.3, -0.25) is 0 Å². The van der Waals surface area contributed by atoms with Crippen molar-refractivity contribution in [1.82, 2.24) is 10.2 Å². The molecule has 0 aromatic heterocycles. The standard InChI is InChI=1S/C36H72N2/c1-5-9-13-15-19-23-35(22-17-12-8-4)37-27-24-34-30-36(31-34)25-28-38(29-26-36)32-33(20-16-11-7-3)21-18-14-10-6-2/h33-35,37H,5-32H2,1-4H3. The van der Waals surface area contributed by atoms with E-state index in [4.69, 9.17) is 0 Å². The van der Waals surface area contributed by atoms with Crippen LogP contribution in [-0.4, -0.2) is 37.1 Å². The molecule has 0 amide bonds. The molecule has 2 nitrogen and oxygen atoms in total. The van der Waals surface area contributed by atoms with E-state index in [0.717, 1.165) is 23.3 Å². The first-order valence-corrected chi connectivity index (χ1v) is 18.1. The molecule has 1 aliphatic carbocycles. The van der Waals surface area contributed by atoms with Gasteiger partial charge in [0, 0.05) is 12.6 Å². The predicted molar refractivity (Wildman–Crippen MR) is 171 cm³/mol. The van der Waals surface area contributed by atoms with Crippen molar-refractivity contribution >= 4 is 0 Å². The normalized spacial score (nSPS) is 19.6. The lowest BCUT2D eigenvalue weighted by molar-refractivity contribution is -0.0199. The second-order valence-corrected chi connectivity index (χ2v) is 13.9. The molecule has 0 aromatic carbocycles. The molecule has 1 N–H and O–H groups in total. The summed E-state index contributed by atoms with van der Waals surface area (Å²) in [6.07, 6.45) is 34.6. The highest BCUT2D eigenvalue weighted by Gasteiger charge is 2.45. The molecule has 226 valence electrons. The van der Waals surface area contributed by atoms with Gasteiger partial charge in [-0.2, -0.15) is 0 Å². The van der Waals surface area contributed by atoms with Crippen LogP contribution in [0.25, 0.3) is 0 Å². The Morgan fingerprint density at radius 2 is 1.11 bits per heavy atom. The number of rotatable bonds is 25. The van der Waals surface area contributed by atoms with Gasteiger partial charge in [0.25, 0.3) is 0 Å². The summed E-state index contributed by atoms with van der Waals surface area (Å²) in [5.74, 6) is 1.97. The highest BCUT2D eigenvalue weighted by atomic mass is 15.1. The van der Waals surface area contributed by atoms with E-state index in [9.17, 15) is 0 Å². The lowest BCUT2D eigenvalue weighted by atomic mass is 9.57. The second kappa shape index (κ2) is 21.6. The van der Waals surface area contributed by atoms with Crippen molar-refractivity contribution in [2.24, 2.45) is 17.3 Å². The number of hydrogen-bond acceptors (Lipinski definition) is 2. The Hall–Kier alpha value is -0.0800. The highest BCUT2D eigenvalue weighted by molar-refractivity contribution is 4.97. The molecule has 2 aliphatic rings. The molecule has 1 spiro atoms. The summed E-state index contributed by atoms with van der Waals surface area (Å²) in [6.45, 7) is 14.8. The summed E-state index contributed by atoms with van der Waals surface area (Å²) in [7, 11) is 0. The van der Waals surface area contributed by atoms with Crippen LogP contribution in [-0.2, 0) is 0 Å². The topological polar surface area (TPSA) is 15.3 Å². The van der Waals surface area contributed by atoms with Gasteiger partial charge in [0.15, 0.2) is 0 Å². The van der Waals surface area contributed by atoms with Crippen molar-refractivity contribution in [1.29, 1.82) is 0 Å². The van der Waals surface area contributed by atoms with Crippen LogP contribution >= 0.6 is 0 Å². The van der Waals surface area contributed by atoms with Gasteiger partial charge >= 0.3 is 0 Å². The van der Waals surface area contributed by atoms with Gasteiger partial charge in [0.1, 0.15) is 0 Å². The number of nitrogens with zero attached hydrogens (tertiary/aromatic N) is 1. The summed E-state index contributed by atoms with van der Waals surface area (Å²) >= 11 is 0. The Morgan fingerprint density at radius 1 is 0.632 bits per heavy atom. The van der Waals surface area contributed by atoms with Crippen molar-refractivity contribution in [2.45, 2.75) is 188 Å². The number of piperidine rings is 1. The molecule has 1 saturated carbocycles. The Morgan fingerprint density at radius 3 is 1.71 bits per heavy atom. The molecule has 2 unspecified atom stereocenters. The highest BCUT2D eigenvalue weighted by Crippen LogP contribution is 2.53. The maximum atomic E-state index is 4.03. The molecule has 2 fully saturated rings. The molecule has 0 radical (unpaired) electrons. The zero-order valence-electron chi connectivity index (χ0n) is 27.0. The Kier molecular flexibility index (Phi) is 19.4. The van der Waals surface area contributed by atoms with Crippen molar-refractivity contribution in [3.05, 3.63) is 0 Å². The molecule has 1 saturated heterocycles. The third-order valence-corrected chi connectivity index (χ3v) is 10.4. The number of hydrogen-bond donors (Lipinski definition) is 1. The molecule has 1 aliphatic heterocycles. The molecule has 2 heteroatoms. The minimum atomic E-state index is 0.736. The fraction of sp³-hybridized carbons (Fsp3) is 1.00. The van der Waals surface area contributed by atoms with E-state index in [-0.39, 0.29) is 0 Å².